The minimum absolute atomic E-state index is 0.115. The van der Waals surface area contributed by atoms with Crippen molar-refractivity contribution >= 4 is 11.6 Å². The van der Waals surface area contributed by atoms with Crippen LogP contribution in [0.15, 0.2) is 36.9 Å². The highest BCUT2D eigenvalue weighted by molar-refractivity contribution is 6.21. The number of hydrogen-bond acceptors (Lipinski definition) is 1. The normalized spacial score (nSPS) is 12.2. The Balaban J connectivity index is 2.84. The van der Waals surface area contributed by atoms with Gasteiger partial charge in [0.2, 0.25) is 0 Å². The third-order valence-corrected chi connectivity index (χ3v) is 2.07. The number of methoxy groups -OCH3 is 1. The van der Waals surface area contributed by atoms with Gasteiger partial charge in [0.1, 0.15) is 5.75 Å². The first-order chi connectivity index (χ1) is 5.77. The lowest BCUT2D eigenvalue weighted by molar-refractivity contribution is 0.414. The fourth-order valence-corrected chi connectivity index (χ4v) is 1.07. The third kappa shape index (κ3) is 2.02. The maximum Gasteiger partial charge on any atom is 0.118 e. The zero-order chi connectivity index (χ0) is 8.97. The molecule has 0 bridgehead atoms. The molecule has 0 aliphatic rings. The minimum Gasteiger partial charge on any atom is -0.497 e. The highest BCUT2D eigenvalue weighted by Gasteiger charge is 2.01. The molecule has 1 rings (SSSR count). The summed E-state index contributed by atoms with van der Waals surface area (Å²) in [5.74, 6) is 0.840. The lowest BCUT2D eigenvalue weighted by Gasteiger charge is -2.04. The maximum absolute atomic E-state index is 5.93. The smallest absolute Gasteiger partial charge is 0.118 e. The van der Waals surface area contributed by atoms with E-state index < -0.39 is 0 Å². The van der Waals surface area contributed by atoms with E-state index in [4.69, 9.17) is 16.3 Å². The van der Waals surface area contributed by atoms with Gasteiger partial charge in [-0.25, -0.2) is 0 Å². The van der Waals surface area contributed by atoms with E-state index in [0.29, 0.717) is 0 Å². The van der Waals surface area contributed by atoms with Crippen LogP contribution in [0.25, 0.3) is 0 Å². The summed E-state index contributed by atoms with van der Waals surface area (Å²) in [6, 6.07) is 7.62. The molecule has 1 atom stereocenters. The molecule has 0 amide bonds. The van der Waals surface area contributed by atoms with E-state index in [-0.39, 0.29) is 5.38 Å². The first-order valence-corrected chi connectivity index (χ1v) is 4.12. The molecule has 1 nitrogen and oxygen atoms in total. The Morgan fingerprint density at radius 2 is 2.00 bits per heavy atom. The molecule has 0 fully saturated rings. The minimum atomic E-state index is -0.115. The van der Waals surface area contributed by atoms with Gasteiger partial charge in [-0.15, -0.1) is 18.2 Å². The van der Waals surface area contributed by atoms with E-state index in [1.807, 2.05) is 24.3 Å². The van der Waals surface area contributed by atoms with E-state index in [9.17, 15) is 0 Å². The topological polar surface area (TPSA) is 9.23 Å². The number of allylic oxidation sites excluding steroid dienone is 1. The second kappa shape index (κ2) is 4.17. The van der Waals surface area contributed by atoms with Crippen molar-refractivity contribution in [3.05, 3.63) is 42.5 Å². The SMILES string of the molecule is C=CC(Cl)c1ccc(OC)cc1. The number of hydrogen-bond donors (Lipinski definition) is 0. The Hall–Kier alpha value is -0.950. The molecule has 0 heterocycles. The highest BCUT2D eigenvalue weighted by atomic mass is 35.5. The zero-order valence-electron chi connectivity index (χ0n) is 6.96. The third-order valence-electron chi connectivity index (χ3n) is 1.64. The van der Waals surface area contributed by atoms with Crippen molar-refractivity contribution in [2.24, 2.45) is 0 Å². The van der Waals surface area contributed by atoms with Gasteiger partial charge in [0.05, 0.1) is 12.5 Å². The van der Waals surface area contributed by atoms with Crippen LogP contribution >= 0.6 is 11.6 Å². The molecule has 2 heteroatoms. The van der Waals surface area contributed by atoms with E-state index in [1.165, 1.54) is 0 Å². The van der Waals surface area contributed by atoms with Crippen molar-refractivity contribution in [1.82, 2.24) is 0 Å². The van der Waals surface area contributed by atoms with Gasteiger partial charge in [0.15, 0.2) is 0 Å². The number of halogens is 1. The predicted molar refractivity (Wildman–Crippen MR) is 51.8 cm³/mol. The zero-order valence-corrected chi connectivity index (χ0v) is 7.71. The first kappa shape index (κ1) is 9.14. The fraction of sp³-hybridized carbons (Fsp3) is 0.200. The number of alkyl halides is 1. The van der Waals surface area contributed by atoms with Gasteiger partial charge >= 0.3 is 0 Å². The summed E-state index contributed by atoms with van der Waals surface area (Å²) in [4.78, 5) is 0. The monoisotopic (exact) mass is 182 g/mol. The van der Waals surface area contributed by atoms with Gasteiger partial charge < -0.3 is 4.74 Å². The number of ether oxygens (including phenoxy) is 1. The highest BCUT2D eigenvalue weighted by Crippen LogP contribution is 2.23. The van der Waals surface area contributed by atoms with Crippen molar-refractivity contribution in [3.63, 3.8) is 0 Å². The Morgan fingerprint density at radius 3 is 2.42 bits per heavy atom. The quantitative estimate of drug-likeness (QED) is 0.516. The largest absolute Gasteiger partial charge is 0.497 e. The second-order valence-electron chi connectivity index (χ2n) is 2.41. The predicted octanol–water partition coefficient (Wildman–Crippen LogP) is 3.16. The van der Waals surface area contributed by atoms with Crippen molar-refractivity contribution in [3.8, 4) is 5.75 Å². The van der Waals surface area contributed by atoms with Crippen LogP contribution in [-0.4, -0.2) is 7.11 Å². The molecule has 0 N–H and O–H groups in total. The molecule has 0 aliphatic carbocycles. The van der Waals surface area contributed by atoms with Crippen LogP contribution in [0.1, 0.15) is 10.9 Å². The van der Waals surface area contributed by atoms with Gasteiger partial charge in [-0.1, -0.05) is 18.2 Å². The van der Waals surface area contributed by atoms with Gasteiger partial charge in [-0.2, -0.15) is 0 Å². The lowest BCUT2D eigenvalue weighted by Crippen LogP contribution is -1.86. The van der Waals surface area contributed by atoms with E-state index in [1.54, 1.807) is 13.2 Å². The van der Waals surface area contributed by atoms with Crippen LogP contribution in [0.4, 0.5) is 0 Å². The van der Waals surface area contributed by atoms with Crippen LogP contribution in [0.3, 0.4) is 0 Å². The van der Waals surface area contributed by atoms with Crippen molar-refractivity contribution in [2.75, 3.05) is 7.11 Å². The van der Waals surface area contributed by atoms with Gasteiger partial charge in [-0.05, 0) is 17.7 Å². The van der Waals surface area contributed by atoms with Crippen molar-refractivity contribution in [1.29, 1.82) is 0 Å². The summed E-state index contributed by atoms with van der Waals surface area (Å²) in [5, 5.41) is -0.115. The van der Waals surface area contributed by atoms with Crippen LogP contribution in [-0.2, 0) is 0 Å². The van der Waals surface area contributed by atoms with Gasteiger partial charge in [-0.3, -0.25) is 0 Å². The Labute approximate surface area is 77.6 Å². The molecule has 0 radical (unpaired) electrons. The Morgan fingerprint density at radius 1 is 1.42 bits per heavy atom. The van der Waals surface area contributed by atoms with E-state index in [2.05, 4.69) is 6.58 Å². The summed E-state index contributed by atoms with van der Waals surface area (Å²) in [7, 11) is 1.64. The molecule has 0 spiro atoms. The fourth-order valence-electron chi connectivity index (χ4n) is 0.924. The molecule has 12 heavy (non-hydrogen) atoms. The van der Waals surface area contributed by atoms with Crippen molar-refractivity contribution in [2.45, 2.75) is 5.38 Å². The van der Waals surface area contributed by atoms with Crippen LogP contribution in [0.2, 0.25) is 0 Å². The molecule has 0 aromatic heterocycles. The molecule has 1 aromatic rings. The van der Waals surface area contributed by atoms with E-state index in [0.717, 1.165) is 11.3 Å². The average molecular weight is 183 g/mol. The van der Waals surface area contributed by atoms with Crippen molar-refractivity contribution < 1.29 is 4.74 Å². The average Bonchev–Trinajstić information content (AvgIpc) is 2.17. The Bertz CT molecular complexity index is 253. The molecular weight excluding hydrogens is 172 g/mol. The molecular formula is C10H11ClO. The number of rotatable bonds is 3. The molecule has 64 valence electrons. The summed E-state index contributed by atoms with van der Waals surface area (Å²) in [5.41, 5.74) is 1.03. The summed E-state index contributed by atoms with van der Waals surface area (Å²) in [6.07, 6.45) is 1.70. The molecule has 1 unspecified atom stereocenters. The number of benzene rings is 1. The molecule has 0 saturated carbocycles. The molecule has 0 aliphatic heterocycles. The van der Waals surface area contributed by atoms with Crippen LogP contribution in [0, 0.1) is 0 Å². The van der Waals surface area contributed by atoms with Crippen LogP contribution < -0.4 is 4.74 Å². The second-order valence-corrected chi connectivity index (χ2v) is 2.88. The summed E-state index contributed by atoms with van der Waals surface area (Å²) >= 11 is 5.93. The van der Waals surface area contributed by atoms with Gasteiger partial charge in [0.25, 0.3) is 0 Å². The van der Waals surface area contributed by atoms with E-state index >= 15 is 0 Å². The summed E-state index contributed by atoms with van der Waals surface area (Å²) < 4.78 is 5.01. The summed E-state index contributed by atoms with van der Waals surface area (Å²) in [6.45, 7) is 3.62. The standard InChI is InChI=1S/C10H11ClO/c1-3-10(11)8-4-6-9(12-2)7-5-8/h3-7,10H,1H2,2H3. The lowest BCUT2D eigenvalue weighted by atomic mass is 10.1. The first-order valence-electron chi connectivity index (χ1n) is 3.68. The van der Waals surface area contributed by atoms with Gasteiger partial charge in [0, 0.05) is 0 Å². The van der Waals surface area contributed by atoms with Crippen LogP contribution in [0.5, 0.6) is 5.75 Å². The maximum atomic E-state index is 5.93. The Kier molecular flexibility index (Phi) is 3.18. The molecule has 0 saturated heterocycles. The molecule has 1 aromatic carbocycles.